The fourth-order valence-corrected chi connectivity index (χ4v) is 4.38. The van der Waals surface area contributed by atoms with Gasteiger partial charge in [-0.25, -0.2) is 4.98 Å². The van der Waals surface area contributed by atoms with E-state index in [1.807, 2.05) is 13.0 Å². The SMILES string of the molecule is CCC(C(=O)NC(CC1CCCCC1)C(=O)NCc1ccc(N)nc1)N(CC)CC. The van der Waals surface area contributed by atoms with Gasteiger partial charge in [0.05, 0.1) is 6.04 Å². The molecule has 4 N–H and O–H groups in total. The van der Waals surface area contributed by atoms with Gasteiger partial charge in [-0.2, -0.15) is 0 Å². The lowest BCUT2D eigenvalue weighted by Gasteiger charge is -2.31. The van der Waals surface area contributed by atoms with Gasteiger partial charge in [-0.15, -0.1) is 0 Å². The van der Waals surface area contributed by atoms with Gasteiger partial charge in [-0.1, -0.05) is 58.9 Å². The number of carbonyl (C=O) groups is 2. The Morgan fingerprint density at radius 1 is 1.13 bits per heavy atom. The maximum atomic E-state index is 13.0. The quantitative estimate of drug-likeness (QED) is 0.514. The minimum absolute atomic E-state index is 0.0497. The van der Waals surface area contributed by atoms with Crippen molar-refractivity contribution >= 4 is 17.6 Å². The van der Waals surface area contributed by atoms with Crippen molar-refractivity contribution in [1.29, 1.82) is 0 Å². The van der Waals surface area contributed by atoms with E-state index in [2.05, 4.69) is 34.4 Å². The first kappa shape index (κ1) is 24.1. The zero-order valence-corrected chi connectivity index (χ0v) is 18.8. The molecule has 0 radical (unpaired) electrons. The van der Waals surface area contributed by atoms with Crippen molar-refractivity contribution in [2.24, 2.45) is 5.92 Å². The summed E-state index contributed by atoms with van der Waals surface area (Å²) < 4.78 is 0. The van der Waals surface area contributed by atoms with Crippen molar-refractivity contribution in [1.82, 2.24) is 20.5 Å². The first-order valence-electron chi connectivity index (χ1n) is 11.5. The van der Waals surface area contributed by atoms with Gasteiger partial charge >= 0.3 is 0 Å². The molecule has 7 heteroatoms. The minimum Gasteiger partial charge on any atom is -0.384 e. The highest BCUT2D eigenvalue weighted by atomic mass is 16.2. The standard InChI is InChI=1S/C23H39N5O2/c1-4-20(28(5-2)6-3)23(30)27-19(14-17-10-8-7-9-11-17)22(29)26-16-18-12-13-21(24)25-15-18/h12-13,15,17,19-20H,4-11,14,16H2,1-3H3,(H2,24,25)(H,26,29)(H,27,30). The zero-order valence-electron chi connectivity index (χ0n) is 18.8. The van der Waals surface area contributed by atoms with Crippen LogP contribution in [0.3, 0.4) is 0 Å². The Hall–Kier alpha value is -2.15. The van der Waals surface area contributed by atoms with Gasteiger partial charge in [-0.3, -0.25) is 14.5 Å². The van der Waals surface area contributed by atoms with Gasteiger partial charge in [-0.05, 0) is 43.5 Å². The van der Waals surface area contributed by atoms with Crippen LogP contribution in [-0.4, -0.2) is 46.9 Å². The highest BCUT2D eigenvalue weighted by Crippen LogP contribution is 2.27. The molecular weight excluding hydrogens is 378 g/mol. The minimum atomic E-state index is -0.507. The van der Waals surface area contributed by atoms with Crippen molar-refractivity contribution in [2.45, 2.75) is 84.3 Å². The summed E-state index contributed by atoms with van der Waals surface area (Å²) in [6, 6.07) is 2.86. The van der Waals surface area contributed by atoms with Crippen LogP contribution in [0.15, 0.2) is 18.3 Å². The second-order valence-corrected chi connectivity index (χ2v) is 8.26. The molecule has 1 fully saturated rings. The largest absolute Gasteiger partial charge is 0.384 e. The van der Waals surface area contributed by atoms with Crippen molar-refractivity contribution < 1.29 is 9.59 Å². The number of rotatable bonds is 11. The second-order valence-electron chi connectivity index (χ2n) is 8.26. The maximum Gasteiger partial charge on any atom is 0.242 e. The number of aromatic nitrogens is 1. The van der Waals surface area contributed by atoms with Crippen LogP contribution in [0, 0.1) is 5.92 Å². The number of hydrogen-bond acceptors (Lipinski definition) is 5. The molecule has 1 aromatic rings. The van der Waals surface area contributed by atoms with Crippen LogP contribution >= 0.6 is 0 Å². The Balaban J connectivity index is 2.05. The molecule has 7 nitrogen and oxygen atoms in total. The van der Waals surface area contributed by atoms with Gasteiger partial charge in [0.25, 0.3) is 0 Å². The van der Waals surface area contributed by atoms with Crippen molar-refractivity contribution in [3.63, 3.8) is 0 Å². The lowest BCUT2D eigenvalue weighted by Crippen LogP contribution is -2.54. The molecule has 1 saturated carbocycles. The predicted molar refractivity (Wildman–Crippen MR) is 121 cm³/mol. The number of hydrogen-bond donors (Lipinski definition) is 3. The summed E-state index contributed by atoms with van der Waals surface area (Å²) in [5.41, 5.74) is 6.51. The molecule has 2 atom stereocenters. The number of likely N-dealkylation sites (N-methyl/N-ethyl adjacent to an activating group) is 1. The molecule has 30 heavy (non-hydrogen) atoms. The molecule has 1 aliphatic carbocycles. The number of nitrogens with zero attached hydrogens (tertiary/aromatic N) is 2. The van der Waals surface area contributed by atoms with E-state index in [0.29, 0.717) is 24.7 Å². The topological polar surface area (TPSA) is 100 Å². The predicted octanol–water partition coefficient (Wildman–Crippen LogP) is 2.86. The molecule has 0 saturated heterocycles. The molecule has 2 rings (SSSR count). The lowest BCUT2D eigenvalue weighted by molar-refractivity contribution is -0.132. The van der Waals surface area contributed by atoms with E-state index < -0.39 is 6.04 Å². The number of nitrogen functional groups attached to an aromatic ring is 1. The summed E-state index contributed by atoms with van der Waals surface area (Å²) >= 11 is 0. The fraction of sp³-hybridized carbons (Fsp3) is 0.696. The van der Waals surface area contributed by atoms with Crippen LogP contribution in [-0.2, 0) is 16.1 Å². The number of carbonyl (C=O) groups excluding carboxylic acids is 2. The van der Waals surface area contributed by atoms with E-state index in [9.17, 15) is 9.59 Å². The third kappa shape index (κ3) is 7.27. The molecule has 1 aliphatic rings. The normalized spacial score (nSPS) is 16.8. The molecule has 2 amide bonds. The van der Waals surface area contributed by atoms with Crippen LogP contribution in [0.5, 0.6) is 0 Å². The van der Waals surface area contributed by atoms with Gasteiger partial charge in [0.2, 0.25) is 11.8 Å². The number of nitrogens with two attached hydrogens (primary N) is 1. The van der Waals surface area contributed by atoms with E-state index in [-0.39, 0.29) is 17.9 Å². The summed E-state index contributed by atoms with van der Waals surface area (Å²) in [7, 11) is 0. The Kier molecular flexibility index (Phi) is 10.1. The van der Waals surface area contributed by atoms with Gasteiger partial charge in [0.1, 0.15) is 11.9 Å². The Morgan fingerprint density at radius 2 is 1.83 bits per heavy atom. The first-order valence-corrected chi connectivity index (χ1v) is 11.5. The lowest BCUT2D eigenvalue weighted by atomic mass is 9.84. The molecule has 168 valence electrons. The van der Waals surface area contributed by atoms with E-state index in [4.69, 9.17) is 5.73 Å². The average Bonchev–Trinajstić information content (AvgIpc) is 2.76. The summed E-state index contributed by atoms with van der Waals surface area (Å²) in [5.74, 6) is 0.766. The third-order valence-electron chi connectivity index (χ3n) is 6.18. The molecule has 0 spiro atoms. The average molecular weight is 418 g/mol. The highest BCUT2D eigenvalue weighted by molar-refractivity contribution is 5.89. The van der Waals surface area contributed by atoms with Gasteiger partial charge in [0, 0.05) is 12.7 Å². The summed E-state index contributed by atoms with van der Waals surface area (Å²) in [6.07, 6.45) is 9.04. The first-order chi connectivity index (χ1) is 14.5. The summed E-state index contributed by atoms with van der Waals surface area (Å²) in [4.78, 5) is 32.3. The van der Waals surface area contributed by atoms with Crippen molar-refractivity contribution in [2.75, 3.05) is 18.8 Å². The van der Waals surface area contributed by atoms with Crippen molar-refractivity contribution in [3.05, 3.63) is 23.9 Å². The van der Waals surface area contributed by atoms with E-state index in [0.717, 1.165) is 37.9 Å². The molecule has 0 bridgehead atoms. The van der Waals surface area contributed by atoms with Crippen LogP contribution in [0.1, 0.15) is 71.3 Å². The van der Waals surface area contributed by atoms with Gasteiger partial charge < -0.3 is 16.4 Å². The number of nitrogens with one attached hydrogen (secondary N) is 2. The van der Waals surface area contributed by atoms with E-state index >= 15 is 0 Å². The van der Waals surface area contributed by atoms with Crippen LogP contribution in [0.4, 0.5) is 5.82 Å². The number of pyridine rings is 1. The summed E-state index contributed by atoms with van der Waals surface area (Å²) in [6.45, 7) is 8.14. The third-order valence-corrected chi connectivity index (χ3v) is 6.18. The van der Waals surface area contributed by atoms with Crippen LogP contribution in [0.25, 0.3) is 0 Å². The molecule has 1 aromatic heterocycles. The van der Waals surface area contributed by atoms with Crippen LogP contribution < -0.4 is 16.4 Å². The zero-order chi connectivity index (χ0) is 21.9. The molecule has 0 aromatic carbocycles. The van der Waals surface area contributed by atoms with Crippen LogP contribution in [0.2, 0.25) is 0 Å². The Morgan fingerprint density at radius 3 is 2.40 bits per heavy atom. The van der Waals surface area contributed by atoms with Gasteiger partial charge in [0.15, 0.2) is 0 Å². The maximum absolute atomic E-state index is 13.0. The molecule has 2 unspecified atom stereocenters. The second kappa shape index (κ2) is 12.5. The molecule has 0 aliphatic heterocycles. The summed E-state index contributed by atoms with van der Waals surface area (Å²) in [5, 5.41) is 6.06. The van der Waals surface area contributed by atoms with E-state index in [1.54, 1.807) is 12.3 Å². The highest BCUT2D eigenvalue weighted by Gasteiger charge is 2.29. The van der Waals surface area contributed by atoms with E-state index in [1.165, 1.54) is 19.3 Å². The number of anilines is 1. The fourth-order valence-electron chi connectivity index (χ4n) is 4.38. The smallest absolute Gasteiger partial charge is 0.242 e. The number of amides is 2. The monoisotopic (exact) mass is 417 g/mol. The molecule has 1 heterocycles. The Bertz CT molecular complexity index is 654. The molecular formula is C23H39N5O2. The Labute approximate surface area is 181 Å². The van der Waals surface area contributed by atoms with Crippen molar-refractivity contribution in [3.8, 4) is 0 Å².